The first-order chi connectivity index (χ1) is 12.6. The fourth-order valence-electron chi connectivity index (χ4n) is 2.48. The van der Waals surface area contributed by atoms with Crippen molar-refractivity contribution in [1.29, 1.82) is 0 Å². The van der Waals surface area contributed by atoms with Gasteiger partial charge in [0.25, 0.3) is 0 Å². The fraction of sp³-hybridized carbons (Fsp3) is 0.350. The number of amides is 1. The first-order valence-corrected chi connectivity index (χ1v) is 10.6. The third-order valence-corrected chi connectivity index (χ3v) is 5.89. The second kappa shape index (κ2) is 8.87. The topological polar surface area (TPSA) is 75.3 Å². The molecule has 0 heterocycles. The number of halogens is 1. The lowest BCUT2D eigenvalue weighted by molar-refractivity contribution is -0.121. The Bertz CT molecular complexity index is 888. The van der Waals surface area contributed by atoms with Crippen molar-refractivity contribution in [2.24, 2.45) is 0 Å². The smallest absolute Gasteiger partial charge is 0.241 e. The van der Waals surface area contributed by atoms with Gasteiger partial charge in [-0.3, -0.25) is 4.79 Å². The standard InChI is InChI=1S/C20H25ClN2O3S/c1-20(2,3)23-27(25,26)17-11-8-15(9-12-17)10-13-19(24)22-14-16-6-4-5-7-18(16)21/h4-9,11-12,23H,10,13-14H2,1-3H3,(H,22,24). The van der Waals surface area contributed by atoms with Gasteiger partial charge in [0, 0.05) is 23.5 Å². The average molecular weight is 409 g/mol. The summed E-state index contributed by atoms with van der Waals surface area (Å²) in [6.07, 6.45) is 0.845. The van der Waals surface area contributed by atoms with Crippen molar-refractivity contribution in [3.63, 3.8) is 0 Å². The normalized spacial score (nSPS) is 12.0. The van der Waals surface area contributed by atoms with E-state index in [2.05, 4.69) is 10.0 Å². The summed E-state index contributed by atoms with van der Waals surface area (Å²) in [5.74, 6) is -0.0824. The van der Waals surface area contributed by atoms with Gasteiger partial charge in [0.1, 0.15) is 0 Å². The SMILES string of the molecule is CC(C)(C)NS(=O)(=O)c1ccc(CCC(=O)NCc2ccccc2Cl)cc1. The Morgan fingerprint density at radius 2 is 1.67 bits per heavy atom. The zero-order valence-electron chi connectivity index (χ0n) is 15.8. The Balaban J connectivity index is 1.88. The molecule has 0 saturated heterocycles. The summed E-state index contributed by atoms with van der Waals surface area (Å²) in [6, 6.07) is 14.0. The van der Waals surface area contributed by atoms with Crippen molar-refractivity contribution in [2.75, 3.05) is 0 Å². The Labute approximate surface area is 166 Å². The van der Waals surface area contributed by atoms with Crippen molar-refractivity contribution in [3.05, 3.63) is 64.7 Å². The molecular formula is C20H25ClN2O3S. The molecule has 1 amide bonds. The molecule has 0 aliphatic heterocycles. The molecule has 0 bridgehead atoms. The van der Waals surface area contributed by atoms with E-state index in [1.165, 1.54) is 0 Å². The highest BCUT2D eigenvalue weighted by Crippen LogP contribution is 2.16. The molecule has 0 fully saturated rings. The summed E-state index contributed by atoms with van der Waals surface area (Å²) < 4.78 is 27.2. The summed E-state index contributed by atoms with van der Waals surface area (Å²) in [5, 5.41) is 3.47. The number of carbonyl (C=O) groups is 1. The van der Waals surface area contributed by atoms with Gasteiger partial charge in [-0.05, 0) is 56.5 Å². The molecule has 2 rings (SSSR count). The monoisotopic (exact) mass is 408 g/mol. The average Bonchev–Trinajstić information content (AvgIpc) is 2.57. The highest BCUT2D eigenvalue weighted by Gasteiger charge is 2.21. The maximum absolute atomic E-state index is 12.3. The summed E-state index contributed by atoms with van der Waals surface area (Å²) in [4.78, 5) is 12.2. The van der Waals surface area contributed by atoms with Crippen molar-refractivity contribution >= 4 is 27.5 Å². The lowest BCUT2D eigenvalue weighted by Gasteiger charge is -2.20. The van der Waals surface area contributed by atoms with Crippen LogP contribution in [0.5, 0.6) is 0 Å². The molecule has 0 aliphatic carbocycles. The maximum atomic E-state index is 12.3. The molecule has 0 unspecified atom stereocenters. The van der Waals surface area contributed by atoms with Crippen molar-refractivity contribution < 1.29 is 13.2 Å². The molecule has 0 aliphatic rings. The molecule has 0 aromatic heterocycles. The van der Waals surface area contributed by atoms with Crippen molar-refractivity contribution in [3.8, 4) is 0 Å². The van der Waals surface area contributed by atoms with Crippen LogP contribution in [-0.4, -0.2) is 19.9 Å². The minimum atomic E-state index is -3.55. The van der Waals surface area contributed by atoms with Crippen LogP contribution in [-0.2, 0) is 27.8 Å². The predicted molar refractivity (Wildman–Crippen MR) is 108 cm³/mol. The lowest BCUT2D eigenvalue weighted by Crippen LogP contribution is -2.40. The summed E-state index contributed by atoms with van der Waals surface area (Å²) in [7, 11) is -3.55. The van der Waals surface area contributed by atoms with Gasteiger partial charge in [0.2, 0.25) is 15.9 Å². The number of carbonyl (C=O) groups excluding carboxylic acids is 1. The van der Waals surface area contributed by atoms with E-state index >= 15 is 0 Å². The number of nitrogens with one attached hydrogen (secondary N) is 2. The summed E-state index contributed by atoms with van der Waals surface area (Å²) in [6.45, 7) is 5.76. The van der Waals surface area contributed by atoms with E-state index in [1.807, 2.05) is 18.2 Å². The molecule has 0 saturated carbocycles. The highest BCUT2D eigenvalue weighted by molar-refractivity contribution is 7.89. The van der Waals surface area contributed by atoms with E-state index in [-0.39, 0.29) is 10.8 Å². The summed E-state index contributed by atoms with van der Waals surface area (Å²) >= 11 is 6.07. The van der Waals surface area contributed by atoms with Gasteiger partial charge in [-0.15, -0.1) is 0 Å². The molecule has 0 spiro atoms. The van der Waals surface area contributed by atoms with E-state index in [9.17, 15) is 13.2 Å². The zero-order valence-corrected chi connectivity index (χ0v) is 17.3. The van der Waals surface area contributed by atoms with Crippen LogP contribution >= 0.6 is 11.6 Å². The number of hydrogen-bond acceptors (Lipinski definition) is 3. The van der Waals surface area contributed by atoms with E-state index in [4.69, 9.17) is 11.6 Å². The minimum Gasteiger partial charge on any atom is -0.352 e. The highest BCUT2D eigenvalue weighted by atomic mass is 35.5. The van der Waals surface area contributed by atoms with Gasteiger partial charge in [-0.2, -0.15) is 0 Å². The van der Waals surface area contributed by atoms with Crippen LogP contribution in [0.4, 0.5) is 0 Å². The number of aryl methyl sites for hydroxylation is 1. The van der Waals surface area contributed by atoms with Crippen LogP contribution in [0.15, 0.2) is 53.4 Å². The Hall–Kier alpha value is -1.89. The first kappa shape index (κ1) is 21.4. The minimum absolute atomic E-state index is 0.0824. The van der Waals surface area contributed by atoms with Gasteiger partial charge in [-0.25, -0.2) is 13.1 Å². The number of rotatable bonds is 7. The molecule has 0 radical (unpaired) electrons. The molecular weight excluding hydrogens is 384 g/mol. The van der Waals surface area contributed by atoms with Gasteiger partial charge >= 0.3 is 0 Å². The molecule has 2 aromatic carbocycles. The lowest BCUT2D eigenvalue weighted by atomic mass is 10.1. The molecule has 0 atom stereocenters. The van der Waals surface area contributed by atoms with Crippen molar-refractivity contribution in [1.82, 2.24) is 10.0 Å². The summed E-state index contributed by atoms with van der Waals surface area (Å²) in [5.41, 5.74) is 1.23. The second-order valence-corrected chi connectivity index (χ2v) is 9.46. The molecule has 5 nitrogen and oxygen atoms in total. The van der Waals surface area contributed by atoms with E-state index < -0.39 is 15.6 Å². The fourth-order valence-corrected chi connectivity index (χ4v) is 4.10. The molecule has 27 heavy (non-hydrogen) atoms. The third-order valence-electron chi connectivity index (χ3n) is 3.75. The quantitative estimate of drug-likeness (QED) is 0.733. The van der Waals surface area contributed by atoms with Gasteiger partial charge in [-0.1, -0.05) is 41.9 Å². The van der Waals surface area contributed by atoms with Gasteiger partial charge in [0.05, 0.1) is 4.90 Å². The number of hydrogen-bond donors (Lipinski definition) is 2. The third kappa shape index (κ3) is 6.97. The number of sulfonamides is 1. The van der Waals surface area contributed by atoms with Gasteiger partial charge in [0.15, 0.2) is 0 Å². The Morgan fingerprint density at radius 3 is 2.26 bits per heavy atom. The van der Waals surface area contributed by atoms with E-state index in [0.29, 0.717) is 24.4 Å². The zero-order chi connectivity index (χ0) is 20.1. The largest absolute Gasteiger partial charge is 0.352 e. The van der Waals surface area contributed by atoms with E-state index in [0.717, 1.165) is 11.1 Å². The molecule has 2 aromatic rings. The molecule has 146 valence electrons. The van der Waals surface area contributed by atoms with Crippen LogP contribution in [0.25, 0.3) is 0 Å². The van der Waals surface area contributed by atoms with Crippen LogP contribution in [0.1, 0.15) is 38.3 Å². The number of benzene rings is 2. The van der Waals surface area contributed by atoms with Crippen LogP contribution in [0, 0.1) is 0 Å². The molecule has 2 N–H and O–H groups in total. The first-order valence-electron chi connectivity index (χ1n) is 8.70. The Kier molecular flexibility index (Phi) is 7.03. The Morgan fingerprint density at radius 1 is 1.04 bits per heavy atom. The maximum Gasteiger partial charge on any atom is 0.241 e. The van der Waals surface area contributed by atoms with Crippen molar-refractivity contribution in [2.45, 2.75) is 50.6 Å². The predicted octanol–water partition coefficient (Wildman–Crippen LogP) is 3.67. The molecule has 7 heteroatoms. The van der Waals surface area contributed by atoms with Crippen LogP contribution < -0.4 is 10.0 Å². The van der Waals surface area contributed by atoms with Crippen LogP contribution in [0.3, 0.4) is 0 Å². The van der Waals surface area contributed by atoms with Gasteiger partial charge < -0.3 is 5.32 Å². The van der Waals surface area contributed by atoms with Crippen LogP contribution in [0.2, 0.25) is 5.02 Å². The van der Waals surface area contributed by atoms with E-state index in [1.54, 1.807) is 51.1 Å². The second-order valence-electron chi connectivity index (χ2n) is 7.37.